The molecule has 6 heteroatoms. The maximum Gasteiger partial charge on any atom is 0.244 e. The van der Waals surface area contributed by atoms with Crippen LogP contribution in [-0.4, -0.2) is 24.7 Å². The highest BCUT2D eigenvalue weighted by Gasteiger charge is 2.33. The van der Waals surface area contributed by atoms with Crippen LogP contribution in [0.15, 0.2) is 28.7 Å². The molecule has 1 amide bonds. The first-order valence-electron chi connectivity index (χ1n) is 6.89. The fourth-order valence-electron chi connectivity index (χ4n) is 2.37. The van der Waals surface area contributed by atoms with Crippen molar-refractivity contribution >= 4 is 34.2 Å². The molecular weight excluding hydrogens is 356 g/mol. The van der Waals surface area contributed by atoms with Gasteiger partial charge in [0.2, 0.25) is 5.91 Å². The van der Waals surface area contributed by atoms with Crippen LogP contribution in [0, 0.1) is 0 Å². The molecule has 3 atom stereocenters. The van der Waals surface area contributed by atoms with Crippen LogP contribution in [-0.2, 0) is 15.1 Å². The Morgan fingerprint density at radius 2 is 2.10 bits per heavy atom. The molecular formula is C15H22BrClN2O2. The molecule has 1 aromatic carbocycles. The van der Waals surface area contributed by atoms with Gasteiger partial charge in [-0.1, -0.05) is 28.1 Å². The zero-order valence-electron chi connectivity index (χ0n) is 12.3. The third-order valence-corrected chi connectivity index (χ3v) is 4.33. The van der Waals surface area contributed by atoms with Gasteiger partial charge in [0.05, 0.1) is 12.1 Å². The molecule has 1 aliphatic heterocycles. The van der Waals surface area contributed by atoms with E-state index in [1.165, 1.54) is 0 Å². The molecule has 0 saturated carbocycles. The molecule has 1 aliphatic rings. The quantitative estimate of drug-likeness (QED) is 0.848. The number of halogens is 2. The standard InChI is InChI=1S/C15H21BrN2O2.ClH/c1-10(13-4-3-9-20-13)18-14(19)15(2,17)11-5-7-12(16)8-6-11;/h5-8,10,13H,3-4,9,17H2,1-2H3,(H,18,19);1H. The van der Waals surface area contributed by atoms with E-state index in [4.69, 9.17) is 10.5 Å². The van der Waals surface area contributed by atoms with Crippen molar-refractivity contribution in [3.05, 3.63) is 34.3 Å². The maximum absolute atomic E-state index is 12.4. The van der Waals surface area contributed by atoms with Crippen LogP contribution in [0.5, 0.6) is 0 Å². The summed E-state index contributed by atoms with van der Waals surface area (Å²) < 4.78 is 6.55. The molecule has 0 aliphatic carbocycles. The molecule has 0 bridgehead atoms. The Bertz CT molecular complexity index is 473. The van der Waals surface area contributed by atoms with Crippen molar-refractivity contribution in [2.45, 2.75) is 44.4 Å². The Hall–Kier alpha value is -0.620. The Morgan fingerprint density at radius 3 is 2.62 bits per heavy atom. The number of amides is 1. The van der Waals surface area contributed by atoms with Gasteiger partial charge >= 0.3 is 0 Å². The predicted molar refractivity (Wildman–Crippen MR) is 89.5 cm³/mol. The number of hydrogen-bond acceptors (Lipinski definition) is 3. The predicted octanol–water partition coefficient (Wildman–Crippen LogP) is 2.73. The van der Waals surface area contributed by atoms with Gasteiger partial charge < -0.3 is 15.8 Å². The summed E-state index contributed by atoms with van der Waals surface area (Å²) in [6, 6.07) is 7.47. The molecule has 1 heterocycles. The van der Waals surface area contributed by atoms with Crippen molar-refractivity contribution < 1.29 is 9.53 Å². The van der Waals surface area contributed by atoms with E-state index in [1.807, 2.05) is 31.2 Å². The summed E-state index contributed by atoms with van der Waals surface area (Å²) in [6.45, 7) is 4.47. The molecule has 0 spiro atoms. The van der Waals surface area contributed by atoms with Crippen LogP contribution in [0.25, 0.3) is 0 Å². The highest BCUT2D eigenvalue weighted by molar-refractivity contribution is 9.10. The summed E-state index contributed by atoms with van der Waals surface area (Å²) in [4.78, 5) is 12.4. The number of rotatable bonds is 4. The number of carbonyl (C=O) groups excluding carboxylic acids is 1. The second kappa shape index (κ2) is 7.58. The van der Waals surface area contributed by atoms with Crippen molar-refractivity contribution in [1.29, 1.82) is 0 Å². The fourth-order valence-corrected chi connectivity index (χ4v) is 2.64. The van der Waals surface area contributed by atoms with Gasteiger partial charge in [-0.3, -0.25) is 4.79 Å². The lowest BCUT2D eigenvalue weighted by atomic mass is 9.91. The normalized spacial score (nSPS) is 22.0. The third-order valence-electron chi connectivity index (χ3n) is 3.80. The first-order valence-corrected chi connectivity index (χ1v) is 7.68. The van der Waals surface area contributed by atoms with E-state index in [1.54, 1.807) is 6.92 Å². The molecule has 1 fully saturated rings. The second-order valence-electron chi connectivity index (χ2n) is 5.52. The lowest BCUT2D eigenvalue weighted by Crippen LogP contribution is -2.53. The summed E-state index contributed by atoms with van der Waals surface area (Å²) in [5, 5.41) is 2.97. The summed E-state index contributed by atoms with van der Waals surface area (Å²) in [5.41, 5.74) is 5.95. The first kappa shape index (κ1) is 18.4. The van der Waals surface area contributed by atoms with Crippen molar-refractivity contribution in [2.24, 2.45) is 5.73 Å². The number of carbonyl (C=O) groups is 1. The summed E-state index contributed by atoms with van der Waals surface area (Å²) in [5.74, 6) is -0.178. The molecule has 3 N–H and O–H groups in total. The van der Waals surface area contributed by atoms with E-state index < -0.39 is 5.54 Å². The summed E-state index contributed by atoms with van der Waals surface area (Å²) in [6.07, 6.45) is 2.14. The van der Waals surface area contributed by atoms with E-state index in [0.29, 0.717) is 0 Å². The van der Waals surface area contributed by atoms with Crippen molar-refractivity contribution in [2.75, 3.05) is 6.61 Å². The zero-order valence-corrected chi connectivity index (χ0v) is 14.7. The van der Waals surface area contributed by atoms with Gasteiger partial charge in [0.25, 0.3) is 0 Å². The van der Waals surface area contributed by atoms with Crippen LogP contribution in [0.2, 0.25) is 0 Å². The van der Waals surface area contributed by atoms with E-state index in [2.05, 4.69) is 21.2 Å². The van der Waals surface area contributed by atoms with E-state index in [-0.39, 0.29) is 30.5 Å². The minimum atomic E-state index is -1.05. The van der Waals surface area contributed by atoms with Gasteiger partial charge in [-0.2, -0.15) is 0 Å². The van der Waals surface area contributed by atoms with Gasteiger partial charge in [0.1, 0.15) is 5.54 Å². The van der Waals surface area contributed by atoms with Crippen molar-refractivity contribution in [3.63, 3.8) is 0 Å². The molecule has 0 aromatic heterocycles. The molecule has 4 nitrogen and oxygen atoms in total. The molecule has 0 radical (unpaired) electrons. The molecule has 1 saturated heterocycles. The monoisotopic (exact) mass is 376 g/mol. The van der Waals surface area contributed by atoms with Gasteiger partial charge in [0, 0.05) is 11.1 Å². The highest BCUT2D eigenvalue weighted by Crippen LogP contribution is 2.22. The average Bonchev–Trinajstić information content (AvgIpc) is 2.93. The number of nitrogens with one attached hydrogen (secondary N) is 1. The molecule has 2 rings (SSSR count). The average molecular weight is 378 g/mol. The second-order valence-corrected chi connectivity index (χ2v) is 6.44. The van der Waals surface area contributed by atoms with Gasteiger partial charge in [-0.05, 0) is 44.4 Å². The van der Waals surface area contributed by atoms with Gasteiger partial charge in [0.15, 0.2) is 0 Å². The number of hydrogen-bond donors (Lipinski definition) is 2. The van der Waals surface area contributed by atoms with Gasteiger partial charge in [-0.25, -0.2) is 0 Å². The third kappa shape index (κ3) is 4.42. The topological polar surface area (TPSA) is 64.4 Å². The van der Waals surface area contributed by atoms with Crippen LogP contribution in [0.3, 0.4) is 0 Å². The minimum absolute atomic E-state index is 0. The van der Waals surface area contributed by atoms with Crippen LogP contribution < -0.4 is 11.1 Å². The number of benzene rings is 1. The largest absolute Gasteiger partial charge is 0.376 e. The van der Waals surface area contributed by atoms with Crippen molar-refractivity contribution in [1.82, 2.24) is 5.32 Å². The van der Waals surface area contributed by atoms with Crippen molar-refractivity contribution in [3.8, 4) is 0 Å². The smallest absolute Gasteiger partial charge is 0.244 e. The zero-order chi connectivity index (χ0) is 14.8. The Labute approximate surface area is 140 Å². The maximum atomic E-state index is 12.4. The lowest BCUT2D eigenvalue weighted by Gasteiger charge is -2.28. The Kier molecular flexibility index (Phi) is 6.66. The van der Waals surface area contributed by atoms with E-state index in [0.717, 1.165) is 29.5 Å². The van der Waals surface area contributed by atoms with Crippen LogP contribution in [0.1, 0.15) is 32.3 Å². The SMILES string of the molecule is CC(NC(=O)C(C)(N)c1ccc(Br)cc1)C1CCCO1.Cl. The summed E-state index contributed by atoms with van der Waals surface area (Å²) >= 11 is 3.38. The Morgan fingerprint density at radius 1 is 1.48 bits per heavy atom. The molecule has 21 heavy (non-hydrogen) atoms. The highest BCUT2D eigenvalue weighted by atomic mass is 79.9. The first-order chi connectivity index (χ1) is 9.41. The molecule has 118 valence electrons. The van der Waals surface area contributed by atoms with Crippen LogP contribution in [0.4, 0.5) is 0 Å². The minimum Gasteiger partial charge on any atom is -0.376 e. The number of ether oxygens (including phenoxy) is 1. The molecule has 1 aromatic rings. The van der Waals surface area contributed by atoms with E-state index >= 15 is 0 Å². The lowest BCUT2D eigenvalue weighted by molar-refractivity contribution is -0.127. The molecule has 3 unspecified atom stereocenters. The number of nitrogens with two attached hydrogens (primary N) is 1. The van der Waals surface area contributed by atoms with E-state index in [9.17, 15) is 4.79 Å². The Balaban J connectivity index is 0.00000220. The van der Waals surface area contributed by atoms with Crippen LogP contribution >= 0.6 is 28.3 Å². The fraction of sp³-hybridized carbons (Fsp3) is 0.533. The summed E-state index contributed by atoms with van der Waals surface area (Å²) in [7, 11) is 0. The van der Waals surface area contributed by atoms with Gasteiger partial charge in [-0.15, -0.1) is 12.4 Å².